The zero-order chi connectivity index (χ0) is 16.1. The monoisotopic (exact) mass is 342 g/mol. The number of carbonyl (C=O) groups excluding carboxylic acids is 1. The first-order valence-electron chi connectivity index (χ1n) is 7.53. The quantitative estimate of drug-likeness (QED) is 0.720. The second kappa shape index (κ2) is 7.53. The molecule has 0 fully saturated rings. The molecule has 3 nitrogen and oxygen atoms in total. The summed E-state index contributed by atoms with van der Waals surface area (Å²) in [7, 11) is 0. The summed E-state index contributed by atoms with van der Waals surface area (Å²) in [5.74, 6) is 0.0827. The van der Waals surface area contributed by atoms with Gasteiger partial charge in [0.25, 0.3) is 0 Å². The Kier molecular flexibility index (Phi) is 5.20. The molecular weight excluding hydrogens is 324 g/mol. The van der Waals surface area contributed by atoms with Gasteiger partial charge in [-0.2, -0.15) is 0 Å². The molecule has 3 rings (SSSR count). The van der Waals surface area contributed by atoms with Crippen LogP contribution in [0, 0.1) is 6.92 Å². The van der Waals surface area contributed by atoms with Crippen LogP contribution in [0.3, 0.4) is 0 Å². The molecule has 2 heterocycles. The van der Waals surface area contributed by atoms with Crippen LogP contribution >= 0.6 is 22.7 Å². The molecule has 0 unspecified atom stereocenters. The number of benzene rings is 1. The Morgan fingerprint density at radius 3 is 2.74 bits per heavy atom. The second-order valence-corrected chi connectivity index (χ2v) is 7.30. The second-order valence-electron chi connectivity index (χ2n) is 5.27. The van der Waals surface area contributed by atoms with Crippen LogP contribution < -0.4 is 5.32 Å². The number of nitrogens with zero attached hydrogens (tertiary/aromatic N) is 1. The minimum absolute atomic E-state index is 0.0827. The summed E-state index contributed by atoms with van der Waals surface area (Å²) >= 11 is 3.35. The first kappa shape index (κ1) is 15.9. The number of rotatable bonds is 6. The zero-order valence-corrected chi connectivity index (χ0v) is 14.5. The van der Waals surface area contributed by atoms with Gasteiger partial charge in [0.1, 0.15) is 5.01 Å². The van der Waals surface area contributed by atoms with Gasteiger partial charge >= 0.3 is 0 Å². The Hall–Kier alpha value is -1.98. The summed E-state index contributed by atoms with van der Waals surface area (Å²) in [6.45, 7) is 2.56. The van der Waals surface area contributed by atoms with E-state index in [1.165, 1.54) is 10.4 Å². The fourth-order valence-electron chi connectivity index (χ4n) is 2.27. The smallest absolute Gasteiger partial charge is 0.220 e. The Balaban J connectivity index is 1.53. The van der Waals surface area contributed by atoms with Crippen molar-refractivity contribution in [3.8, 4) is 9.88 Å². The molecule has 0 spiro atoms. The minimum atomic E-state index is 0.0827. The summed E-state index contributed by atoms with van der Waals surface area (Å²) in [5.41, 5.74) is 2.19. The van der Waals surface area contributed by atoms with E-state index in [0.717, 1.165) is 22.0 Å². The topological polar surface area (TPSA) is 42.0 Å². The molecule has 3 aromatic rings. The fourth-order valence-corrected chi connectivity index (χ4v) is 4.07. The van der Waals surface area contributed by atoms with Crippen LogP contribution in [-0.2, 0) is 17.8 Å². The van der Waals surface area contributed by atoms with E-state index >= 15 is 0 Å². The SMILES string of the molecule is Cc1nc(-c2cccs2)sc1CNC(=O)CCc1ccccc1. The third-order valence-electron chi connectivity index (χ3n) is 3.55. The highest BCUT2D eigenvalue weighted by Crippen LogP contribution is 2.30. The molecule has 0 saturated carbocycles. The van der Waals surface area contributed by atoms with E-state index < -0.39 is 0 Å². The summed E-state index contributed by atoms with van der Waals surface area (Å²) in [4.78, 5) is 18.9. The highest BCUT2D eigenvalue weighted by molar-refractivity contribution is 7.21. The van der Waals surface area contributed by atoms with Gasteiger partial charge in [-0.05, 0) is 30.4 Å². The fraction of sp³-hybridized carbons (Fsp3) is 0.222. The van der Waals surface area contributed by atoms with Crippen molar-refractivity contribution in [2.75, 3.05) is 0 Å². The molecule has 0 aliphatic rings. The summed E-state index contributed by atoms with van der Waals surface area (Å²) in [6.07, 6.45) is 1.29. The number of carbonyl (C=O) groups is 1. The average molecular weight is 342 g/mol. The Bertz CT molecular complexity index is 764. The summed E-state index contributed by atoms with van der Waals surface area (Å²) in [6, 6.07) is 14.2. The Labute approximate surface area is 144 Å². The van der Waals surface area contributed by atoms with Crippen molar-refractivity contribution in [1.82, 2.24) is 10.3 Å². The first-order valence-corrected chi connectivity index (χ1v) is 9.23. The van der Waals surface area contributed by atoms with Crippen LogP contribution in [0.4, 0.5) is 0 Å². The Morgan fingerprint density at radius 2 is 2.00 bits per heavy atom. The highest BCUT2D eigenvalue weighted by Gasteiger charge is 2.11. The molecule has 0 saturated heterocycles. The maximum Gasteiger partial charge on any atom is 0.220 e. The summed E-state index contributed by atoms with van der Waals surface area (Å²) < 4.78 is 0. The van der Waals surface area contributed by atoms with Crippen molar-refractivity contribution in [2.45, 2.75) is 26.3 Å². The van der Waals surface area contributed by atoms with Gasteiger partial charge in [-0.1, -0.05) is 36.4 Å². The van der Waals surface area contributed by atoms with Crippen molar-refractivity contribution in [1.29, 1.82) is 0 Å². The molecule has 1 amide bonds. The van der Waals surface area contributed by atoms with Crippen LogP contribution in [0.15, 0.2) is 47.8 Å². The Morgan fingerprint density at radius 1 is 1.17 bits per heavy atom. The van der Waals surface area contributed by atoms with Gasteiger partial charge in [-0.3, -0.25) is 4.79 Å². The van der Waals surface area contributed by atoms with Gasteiger partial charge in [0.15, 0.2) is 0 Å². The van der Waals surface area contributed by atoms with Crippen LogP contribution in [-0.4, -0.2) is 10.9 Å². The zero-order valence-electron chi connectivity index (χ0n) is 12.9. The van der Waals surface area contributed by atoms with Gasteiger partial charge in [-0.15, -0.1) is 22.7 Å². The van der Waals surface area contributed by atoms with Crippen LogP contribution in [0.25, 0.3) is 9.88 Å². The molecule has 0 atom stereocenters. The first-order chi connectivity index (χ1) is 11.2. The lowest BCUT2D eigenvalue weighted by atomic mass is 10.1. The number of hydrogen-bond acceptors (Lipinski definition) is 4. The van der Waals surface area contributed by atoms with Gasteiger partial charge in [0, 0.05) is 11.3 Å². The molecule has 2 aromatic heterocycles. The number of amides is 1. The molecule has 1 N–H and O–H groups in total. The molecule has 1 aromatic carbocycles. The normalized spacial score (nSPS) is 10.7. The standard InChI is InChI=1S/C18H18N2OS2/c1-13-16(23-18(20-13)15-8-5-11-22-15)12-19-17(21)10-9-14-6-3-2-4-7-14/h2-8,11H,9-10,12H2,1H3,(H,19,21). The van der Waals surface area contributed by atoms with Crippen molar-refractivity contribution < 1.29 is 4.79 Å². The number of thiophene rings is 1. The molecule has 23 heavy (non-hydrogen) atoms. The van der Waals surface area contributed by atoms with Crippen molar-refractivity contribution in [2.24, 2.45) is 0 Å². The largest absolute Gasteiger partial charge is 0.351 e. The molecule has 5 heteroatoms. The van der Waals surface area contributed by atoms with Gasteiger partial charge in [-0.25, -0.2) is 4.98 Å². The summed E-state index contributed by atoms with van der Waals surface area (Å²) in [5, 5.41) is 6.09. The van der Waals surface area contributed by atoms with E-state index in [4.69, 9.17) is 0 Å². The van der Waals surface area contributed by atoms with Crippen molar-refractivity contribution >= 4 is 28.6 Å². The van der Waals surface area contributed by atoms with Crippen molar-refractivity contribution in [3.05, 3.63) is 64.0 Å². The van der Waals surface area contributed by atoms with Gasteiger partial charge in [0.2, 0.25) is 5.91 Å². The van der Waals surface area contributed by atoms with Gasteiger partial charge < -0.3 is 5.32 Å². The third kappa shape index (κ3) is 4.27. The average Bonchev–Trinajstić information content (AvgIpc) is 3.21. The van der Waals surface area contributed by atoms with Crippen LogP contribution in [0.5, 0.6) is 0 Å². The van der Waals surface area contributed by atoms with Crippen molar-refractivity contribution in [3.63, 3.8) is 0 Å². The lowest BCUT2D eigenvalue weighted by molar-refractivity contribution is -0.121. The third-order valence-corrected chi connectivity index (χ3v) is 5.75. The predicted octanol–water partition coefficient (Wildman–Crippen LogP) is 4.43. The predicted molar refractivity (Wildman–Crippen MR) is 96.8 cm³/mol. The molecule has 0 radical (unpaired) electrons. The molecule has 0 aliphatic carbocycles. The molecule has 118 valence electrons. The van der Waals surface area contributed by atoms with E-state index in [2.05, 4.69) is 21.7 Å². The van der Waals surface area contributed by atoms with E-state index in [1.54, 1.807) is 22.7 Å². The number of thiazole rings is 1. The molecular formula is C18H18N2OS2. The lowest BCUT2D eigenvalue weighted by Crippen LogP contribution is -2.22. The van der Waals surface area contributed by atoms with Crippen LogP contribution in [0.1, 0.15) is 22.6 Å². The maximum atomic E-state index is 12.0. The number of hydrogen-bond donors (Lipinski definition) is 1. The molecule has 0 aliphatic heterocycles. The number of nitrogens with one attached hydrogen (secondary N) is 1. The minimum Gasteiger partial charge on any atom is -0.351 e. The lowest BCUT2D eigenvalue weighted by Gasteiger charge is -2.04. The van der Waals surface area contributed by atoms with Gasteiger partial charge in [0.05, 0.1) is 17.1 Å². The highest BCUT2D eigenvalue weighted by atomic mass is 32.1. The van der Waals surface area contributed by atoms with E-state index in [9.17, 15) is 4.79 Å². The maximum absolute atomic E-state index is 12.0. The number of aryl methyl sites for hydroxylation is 2. The van der Waals surface area contributed by atoms with E-state index in [0.29, 0.717) is 13.0 Å². The number of aromatic nitrogens is 1. The molecule has 0 bridgehead atoms. The van der Waals surface area contributed by atoms with E-state index in [1.807, 2.05) is 43.3 Å². The van der Waals surface area contributed by atoms with E-state index in [-0.39, 0.29) is 5.91 Å². The van der Waals surface area contributed by atoms with Crippen LogP contribution in [0.2, 0.25) is 0 Å².